The molecule has 1 aromatic carbocycles. The zero-order valence-electron chi connectivity index (χ0n) is 12.9. The highest BCUT2D eigenvalue weighted by Crippen LogP contribution is 2.50. The highest BCUT2D eigenvalue weighted by Gasteiger charge is 2.57. The lowest BCUT2D eigenvalue weighted by atomic mass is 9.73. The molecule has 2 atom stereocenters. The maximum Gasteiger partial charge on any atom is 0.315 e. The Kier molecular flexibility index (Phi) is 4.18. The summed E-state index contributed by atoms with van der Waals surface area (Å²) in [5.74, 6) is 0.124. The molecule has 7 heteroatoms. The zero-order valence-corrected chi connectivity index (χ0v) is 12.9. The van der Waals surface area contributed by atoms with Gasteiger partial charge in [0.25, 0.3) is 0 Å². The maximum atomic E-state index is 12.0. The second-order valence-corrected chi connectivity index (χ2v) is 6.15. The number of aliphatic hydroxyl groups excluding tert-OH is 2. The molecular weight excluding hydrogens is 302 g/mol. The van der Waals surface area contributed by atoms with Crippen LogP contribution in [0.25, 0.3) is 0 Å². The van der Waals surface area contributed by atoms with Crippen LogP contribution in [0.5, 0.6) is 11.5 Å². The van der Waals surface area contributed by atoms with Gasteiger partial charge >= 0.3 is 5.97 Å². The first kappa shape index (κ1) is 16.0. The van der Waals surface area contributed by atoms with Crippen LogP contribution in [-0.2, 0) is 4.79 Å². The van der Waals surface area contributed by atoms with Crippen molar-refractivity contribution in [2.45, 2.75) is 12.0 Å². The summed E-state index contributed by atoms with van der Waals surface area (Å²) in [5.41, 5.74) is -0.235. The van der Waals surface area contributed by atoms with Crippen molar-refractivity contribution in [2.24, 2.45) is 5.41 Å². The van der Waals surface area contributed by atoms with E-state index in [1.807, 2.05) is 11.0 Å². The van der Waals surface area contributed by atoms with E-state index in [-0.39, 0.29) is 32.3 Å². The Labute approximate surface area is 134 Å². The fourth-order valence-corrected chi connectivity index (χ4v) is 3.59. The molecule has 0 aromatic heterocycles. The average molecular weight is 323 g/mol. The van der Waals surface area contributed by atoms with Crippen molar-refractivity contribution in [2.75, 3.05) is 40.0 Å². The predicted molar refractivity (Wildman–Crippen MR) is 80.8 cm³/mol. The number of methoxy groups -OCH3 is 1. The number of ether oxygens (including phenoxy) is 2. The van der Waals surface area contributed by atoms with E-state index in [1.54, 1.807) is 19.2 Å². The van der Waals surface area contributed by atoms with Gasteiger partial charge in [0.05, 0.1) is 26.4 Å². The van der Waals surface area contributed by atoms with Crippen molar-refractivity contribution >= 4 is 5.97 Å². The molecule has 7 nitrogen and oxygen atoms in total. The molecule has 2 aliphatic rings. The first-order chi connectivity index (χ1) is 11.1. The van der Waals surface area contributed by atoms with Crippen molar-refractivity contribution in [1.82, 2.24) is 4.90 Å². The van der Waals surface area contributed by atoms with Crippen LogP contribution in [0.2, 0.25) is 0 Å². The minimum atomic E-state index is -1.07. The number of carboxylic acids is 1. The maximum absolute atomic E-state index is 12.0. The third-order valence-corrected chi connectivity index (χ3v) is 5.01. The van der Waals surface area contributed by atoms with E-state index >= 15 is 0 Å². The van der Waals surface area contributed by atoms with E-state index in [1.165, 1.54) is 0 Å². The van der Waals surface area contributed by atoms with Gasteiger partial charge in [0.15, 0.2) is 0 Å². The molecule has 0 aliphatic carbocycles. The smallest absolute Gasteiger partial charge is 0.315 e. The highest BCUT2D eigenvalue weighted by atomic mass is 16.5. The number of fused-ring (bicyclic) bond motifs is 3. The normalized spacial score (nSPS) is 26.5. The molecule has 0 amide bonds. The SMILES string of the molecule is COc1ccc2c(c1)OC[C@]1(C(=O)O)CN(C(CO)CO)C[C@H]21. The third-order valence-electron chi connectivity index (χ3n) is 5.01. The number of aliphatic carboxylic acids is 1. The molecule has 3 rings (SSSR count). The van der Waals surface area contributed by atoms with Crippen LogP contribution in [-0.4, -0.2) is 72.3 Å². The summed E-state index contributed by atoms with van der Waals surface area (Å²) >= 11 is 0. The van der Waals surface area contributed by atoms with Crippen LogP contribution >= 0.6 is 0 Å². The zero-order chi connectivity index (χ0) is 16.6. The van der Waals surface area contributed by atoms with Crippen molar-refractivity contribution in [1.29, 1.82) is 0 Å². The molecule has 0 bridgehead atoms. The Bertz CT molecular complexity index is 602. The van der Waals surface area contributed by atoms with Gasteiger partial charge in [0.1, 0.15) is 23.5 Å². The average Bonchev–Trinajstić information content (AvgIpc) is 2.96. The molecule has 23 heavy (non-hydrogen) atoms. The summed E-state index contributed by atoms with van der Waals surface area (Å²) in [6.07, 6.45) is 0. The molecule has 2 aliphatic heterocycles. The Hall–Kier alpha value is -1.83. The van der Waals surface area contributed by atoms with E-state index in [9.17, 15) is 20.1 Å². The van der Waals surface area contributed by atoms with Crippen molar-refractivity contribution in [3.63, 3.8) is 0 Å². The van der Waals surface area contributed by atoms with Gasteiger partial charge in [-0.25, -0.2) is 0 Å². The molecular formula is C16H21NO6. The van der Waals surface area contributed by atoms with Crippen LogP contribution < -0.4 is 9.47 Å². The van der Waals surface area contributed by atoms with E-state index in [2.05, 4.69) is 0 Å². The van der Waals surface area contributed by atoms with Gasteiger partial charge in [0, 0.05) is 30.6 Å². The number of aliphatic hydroxyl groups is 2. The summed E-state index contributed by atoms with van der Waals surface area (Å²) < 4.78 is 10.9. The monoisotopic (exact) mass is 323 g/mol. The molecule has 0 saturated carbocycles. The van der Waals surface area contributed by atoms with Gasteiger partial charge in [-0.3, -0.25) is 9.69 Å². The minimum Gasteiger partial charge on any atom is -0.497 e. The van der Waals surface area contributed by atoms with E-state index in [0.29, 0.717) is 18.0 Å². The summed E-state index contributed by atoms with van der Waals surface area (Å²) in [6.45, 7) is 0.336. The molecule has 0 spiro atoms. The molecule has 1 saturated heterocycles. The standard InChI is InChI=1S/C16H21NO6/c1-22-11-2-3-12-13-5-17(10(6-18)7-19)8-16(13,15(20)21)9-23-14(12)4-11/h2-4,10,13,18-19H,5-9H2,1H3,(H,20,21)/t13-,16-/m1/s1. The topological polar surface area (TPSA) is 99.5 Å². The quantitative estimate of drug-likeness (QED) is 0.696. The van der Waals surface area contributed by atoms with Gasteiger partial charge < -0.3 is 24.8 Å². The lowest BCUT2D eigenvalue weighted by Gasteiger charge is -2.36. The van der Waals surface area contributed by atoms with Crippen molar-refractivity contribution in [3.05, 3.63) is 23.8 Å². The molecule has 0 unspecified atom stereocenters. The Morgan fingerprint density at radius 1 is 1.48 bits per heavy atom. The Balaban J connectivity index is 1.99. The lowest BCUT2D eigenvalue weighted by molar-refractivity contribution is -0.152. The number of hydrogen-bond acceptors (Lipinski definition) is 6. The molecule has 0 radical (unpaired) electrons. The fourth-order valence-electron chi connectivity index (χ4n) is 3.59. The third kappa shape index (κ3) is 2.45. The number of nitrogens with zero attached hydrogens (tertiary/aromatic N) is 1. The van der Waals surface area contributed by atoms with E-state index in [4.69, 9.17) is 9.47 Å². The lowest BCUT2D eigenvalue weighted by Crippen LogP contribution is -2.47. The van der Waals surface area contributed by atoms with Crippen LogP contribution in [0.4, 0.5) is 0 Å². The van der Waals surface area contributed by atoms with Crippen LogP contribution in [0.1, 0.15) is 11.5 Å². The number of benzene rings is 1. The van der Waals surface area contributed by atoms with Crippen LogP contribution in [0, 0.1) is 5.41 Å². The van der Waals surface area contributed by atoms with Gasteiger partial charge in [-0.05, 0) is 6.07 Å². The number of carboxylic acid groups (broad SMARTS) is 1. The molecule has 1 aromatic rings. The second kappa shape index (κ2) is 5.99. The van der Waals surface area contributed by atoms with Crippen molar-refractivity contribution in [3.8, 4) is 11.5 Å². The Morgan fingerprint density at radius 3 is 2.83 bits per heavy atom. The molecule has 3 N–H and O–H groups in total. The fraction of sp³-hybridized carbons (Fsp3) is 0.562. The van der Waals surface area contributed by atoms with Gasteiger partial charge in [-0.15, -0.1) is 0 Å². The first-order valence-electron chi connectivity index (χ1n) is 7.55. The summed E-state index contributed by atoms with van der Waals surface area (Å²) in [6, 6.07) is 4.93. The van der Waals surface area contributed by atoms with Gasteiger partial charge in [0.2, 0.25) is 0 Å². The predicted octanol–water partition coefficient (Wildman–Crippen LogP) is -0.0890. The number of carbonyl (C=O) groups is 1. The largest absolute Gasteiger partial charge is 0.497 e. The first-order valence-corrected chi connectivity index (χ1v) is 7.55. The van der Waals surface area contributed by atoms with Crippen LogP contribution in [0.15, 0.2) is 18.2 Å². The van der Waals surface area contributed by atoms with E-state index in [0.717, 1.165) is 5.56 Å². The molecule has 2 heterocycles. The summed E-state index contributed by atoms with van der Waals surface area (Å²) in [7, 11) is 1.57. The van der Waals surface area contributed by atoms with Gasteiger partial charge in [-0.2, -0.15) is 0 Å². The second-order valence-electron chi connectivity index (χ2n) is 6.15. The van der Waals surface area contributed by atoms with Crippen molar-refractivity contribution < 1.29 is 29.6 Å². The molecule has 1 fully saturated rings. The number of rotatable bonds is 5. The molecule has 126 valence electrons. The van der Waals surface area contributed by atoms with E-state index < -0.39 is 17.4 Å². The number of hydrogen-bond donors (Lipinski definition) is 3. The highest BCUT2D eigenvalue weighted by molar-refractivity contribution is 5.78. The minimum absolute atomic E-state index is 0.0627. The van der Waals surface area contributed by atoms with Crippen LogP contribution in [0.3, 0.4) is 0 Å². The summed E-state index contributed by atoms with van der Waals surface area (Å²) in [5, 5.41) is 28.6. The summed E-state index contributed by atoms with van der Waals surface area (Å²) in [4.78, 5) is 13.8. The van der Waals surface area contributed by atoms with Gasteiger partial charge in [-0.1, -0.05) is 6.07 Å². The Morgan fingerprint density at radius 2 is 2.22 bits per heavy atom. The number of likely N-dealkylation sites (tertiary alicyclic amines) is 1.